The van der Waals surface area contributed by atoms with E-state index in [1.807, 2.05) is 0 Å². The molecule has 0 fully saturated rings. The fraction of sp³-hybridized carbons (Fsp3) is 0.174. The fourth-order valence-corrected chi connectivity index (χ4v) is 4.60. The first kappa shape index (κ1) is 15.7. The molecule has 2 nitrogen and oxygen atoms in total. The Morgan fingerprint density at radius 2 is 1.58 bits per heavy atom. The van der Waals surface area contributed by atoms with E-state index in [-0.39, 0.29) is 0 Å². The molecular weight excluding hydrogens is 336 g/mol. The van der Waals surface area contributed by atoms with Gasteiger partial charge in [-0.2, -0.15) is 0 Å². The summed E-state index contributed by atoms with van der Waals surface area (Å²) in [6.45, 7) is 2.00. The molecule has 26 heavy (non-hydrogen) atoms. The molecule has 0 spiro atoms. The average Bonchev–Trinajstić information content (AvgIpc) is 2.72. The third-order valence-corrected chi connectivity index (χ3v) is 6.07. The van der Waals surface area contributed by atoms with Crippen LogP contribution < -0.4 is 5.32 Å². The summed E-state index contributed by atoms with van der Waals surface area (Å²) in [6.07, 6.45) is 1.14. The molecule has 5 rings (SSSR count). The van der Waals surface area contributed by atoms with Crippen molar-refractivity contribution in [2.45, 2.75) is 12.2 Å². The third kappa shape index (κ3) is 2.82. The van der Waals surface area contributed by atoms with Crippen LogP contribution in [-0.2, 0) is 5.75 Å². The van der Waals surface area contributed by atoms with Crippen molar-refractivity contribution >= 4 is 49.2 Å². The minimum absolute atomic E-state index is 0.951. The van der Waals surface area contributed by atoms with E-state index in [4.69, 9.17) is 0 Å². The predicted molar refractivity (Wildman–Crippen MR) is 115 cm³/mol. The molecule has 0 atom stereocenters. The fourth-order valence-electron chi connectivity index (χ4n) is 3.73. The predicted octanol–water partition coefficient (Wildman–Crippen LogP) is 5.73. The minimum atomic E-state index is 0.951. The Bertz CT molecular complexity index is 1150. The topological polar surface area (TPSA) is 24.4 Å². The average molecular weight is 356 g/mol. The van der Waals surface area contributed by atoms with Crippen molar-refractivity contribution in [2.24, 2.45) is 4.99 Å². The second-order valence-electron chi connectivity index (χ2n) is 6.76. The van der Waals surface area contributed by atoms with Crippen molar-refractivity contribution in [3.63, 3.8) is 0 Å². The highest BCUT2D eigenvalue weighted by Crippen LogP contribution is 2.32. The van der Waals surface area contributed by atoms with E-state index in [2.05, 4.69) is 77.0 Å². The molecule has 4 aromatic carbocycles. The monoisotopic (exact) mass is 356 g/mol. The van der Waals surface area contributed by atoms with Crippen LogP contribution in [0.25, 0.3) is 32.3 Å². The van der Waals surface area contributed by atoms with Gasteiger partial charge in [0.2, 0.25) is 0 Å². The summed E-state index contributed by atoms with van der Waals surface area (Å²) in [7, 11) is 0. The van der Waals surface area contributed by atoms with E-state index in [0.29, 0.717) is 0 Å². The normalized spacial score (nSPS) is 14.5. The van der Waals surface area contributed by atoms with Crippen LogP contribution in [0.2, 0.25) is 0 Å². The van der Waals surface area contributed by atoms with Crippen LogP contribution in [0.3, 0.4) is 0 Å². The zero-order valence-corrected chi connectivity index (χ0v) is 15.4. The summed E-state index contributed by atoms with van der Waals surface area (Å²) in [5.74, 6) is 0.956. The molecule has 0 saturated heterocycles. The van der Waals surface area contributed by atoms with Crippen molar-refractivity contribution < 1.29 is 0 Å². The van der Waals surface area contributed by atoms with Crippen LogP contribution in [0.5, 0.6) is 0 Å². The second kappa shape index (κ2) is 6.65. The first-order chi connectivity index (χ1) is 12.9. The smallest absolute Gasteiger partial charge is 0.156 e. The third-order valence-electron chi connectivity index (χ3n) is 5.05. The zero-order valence-electron chi connectivity index (χ0n) is 14.5. The molecule has 1 aliphatic rings. The maximum Gasteiger partial charge on any atom is 0.156 e. The highest BCUT2D eigenvalue weighted by molar-refractivity contribution is 8.13. The second-order valence-corrected chi connectivity index (χ2v) is 7.72. The Balaban J connectivity index is 1.53. The van der Waals surface area contributed by atoms with Crippen LogP contribution in [0, 0.1) is 0 Å². The number of nitrogens with zero attached hydrogens (tertiary/aromatic N) is 1. The number of fused-ring (bicyclic) bond motifs is 5. The van der Waals surface area contributed by atoms with E-state index in [0.717, 1.165) is 30.4 Å². The molecule has 3 heteroatoms. The first-order valence-electron chi connectivity index (χ1n) is 9.13. The summed E-state index contributed by atoms with van der Waals surface area (Å²) in [4.78, 5) is 4.55. The van der Waals surface area contributed by atoms with Gasteiger partial charge in [0.1, 0.15) is 0 Å². The van der Waals surface area contributed by atoms with Gasteiger partial charge in [-0.05, 0) is 44.3 Å². The number of hydrogen-bond acceptors (Lipinski definition) is 3. The number of amidine groups is 1. The minimum Gasteiger partial charge on any atom is -0.365 e. The molecule has 1 N–H and O–H groups in total. The van der Waals surface area contributed by atoms with Crippen molar-refractivity contribution in [2.75, 3.05) is 13.1 Å². The SMILES string of the molecule is c1ccc2c(c1)ccc1c3ccc(CSC4=NCCCN4)cc3ccc21. The van der Waals surface area contributed by atoms with Gasteiger partial charge < -0.3 is 5.32 Å². The van der Waals surface area contributed by atoms with E-state index in [1.165, 1.54) is 37.9 Å². The van der Waals surface area contributed by atoms with E-state index >= 15 is 0 Å². The van der Waals surface area contributed by atoms with Crippen LogP contribution in [0.1, 0.15) is 12.0 Å². The lowest BCUT2D eigenvalue weighted by atomic mass is 9.96. The zero-order chi connectivity index (χ0) is 17.3. The Hall–Kier alpha value is -2.52. The van der Waals surface area contributed by atoms with Gasteiger partial charge in [0, 0.05) is 18.8 Å². The van der Waals surface area contributed by atoms with Gasteiger partial charge in [-0.3, -0.25) is 4.99 Å². The Morgan fingerprint density at radius 3 is 2.42 bits per heavy atom. The van der Waals surface area contributed by atoms with Gasteiger partial charge in [0.05, 0.1) is 0 Å². The first-order valence-corrected chi connectivity index (χ1v) is 10.1. The Morgan fingerprint density at radius 1 is 0.808 bits per heavy atom. The number of benzene rings is 4. The molecule has 0 amide bonds. The highest BCUT2D eigenvalue weighted by atomic mass is 32.2. The quantitative estimate of drug-likeness (QED) is 0.464. The van der Waals surface area contributed by atoms with Crippen LogP contribution in [0.4, 0.5) is 0 Å². The Labute approximate surface area is 157 Å². The lowest BCUT2D eigenvalue weighted by molar-refractivity contribution is 0.751. The molecule has 1 heterocycles. The molecule has 0 radical (unpaired) electrons. The van der Waals surface area contributed by atoms with Crippen molar-refractivity contribution in [1.82, 2.24) is 5.32 Å². The molecule has 0 saturated carbocycles. The van der Waals surface area contributed by atoms with Gasteiger partial charge in [-0.25, -0.2) is 0 Å². The van der Waals surface area contributed by atoms with Crippen molar-refractivity contribution in [3.05, 3.63) is 72.3 Å². The number of aliphatic imine (C=N–C) groups is 1. The lowest BCUT2D eigenvalue weighted by Gasteiger charge is -2.14. The summed E-state index contributed by atoms with van der Waals surface area (Å²) in [5, 5.41) is 12.4. The molecule has 4 aromatic rings. The molecule has 0 bridgehead atoms. The van der Waals surface area contributed by atoms with Gasteiger partial charge in [-0.15, -0.1) is 0 Å². The van der Waals surface area contributed by atoms with E-state index in [9.17, 15) is 0 Å². The van der Waals surface area contributed by atoms with E-state index in [1.54, 1.807) is 11.8 Å². The maximum absolute atomic E-state index is 4.55. The number of rotatable bonds is 2. The van der Waals surface area contributed by atoms with Gasteiger partial charge in [0.25, 0.3) is 0 Å². The standard InChI is InChI=1S/C23H20N2S/c1-2-5-19-17(4-1)7-10-22-20-9-6-16(14-18(20)8-11-21(19)22)15-26-23-24-12-3-13-25-23/h1-2,4-11,14H,3,12-13,15H2,(H,24,25). The largest absolute Gasteiger partial charge is 0.365 e. The maximum atomic E-state index is 4.55. The lowest BCUT2D eigenvalue weighted by Crippen LogP contribution is -2.26. The molecular formula is C23H20N2S. The van der Waals surface area contributed by atoms with Gasteiger partial charge in [0.15, 0.2) is 5.17 Å². The van der Waals surface area contributed by atoms with Gasteiger partial charge >= 0.3 is 0 Å². The van der Waals surface area contributed by atoms with Gasteiger partial charge in [-0.1, -0.05) is 78.5 Å². The van der Waals surface area contributed by atoms with Crippen molar-refractivity contribution in [1.29, 1.82) is 0 Å². The molecule has 0 aromatic heterocycles. The van der Waals surface area contributed by atoms with Crippen LogP contribution in [-0.4, -0.2) is 18.3 Å². The number of hydrogen-bond donors (Lipinski definition) is 1. The molecule has 128 valence electrons. The summed E-state index contributed by atoms with van der Waals surface area (Å²) in [6, 6.07) is 24.5. The number of nitrogens with one attached hydrogen (secondary N) is 1. The summed E-state index contributed by atoms with van der Waals surface area (Å²) < 4.78 is 0. The summed E-state index contributed by atoms with van der Waals surface area (Å²) >= 11 is 1.80. The molecule has 0 unspecified atom stereocenters. The molecule has 0 aliphatic carbocycles. The molecule has 1 aliphatic heterocycles. The van der Waals surface area contributed by atoms with Crippen LogP contribution in [0.15, 0.2) is 71.7 Å². The van der Waals surface area contributed by atoms with Crippen LogP contribution >= 0.6 is 11.8 Å². The Kier molecular flexibility index (Phi) is 4.02. The van der Waals surface area contributed by atoms with E-state index < -0.39 is 0 Å². The van der Waals surface area contributed by atoms with Crippen molar-refractivity contribution in [3.8, 4) is 0 Å². The number of thioether (sulfide) groups is 1. The highest BCUT2D eigenvalue weighted by Gasteiger charge is 2.07. The summed E-state index contributed by atoms with van der Waals surface area (Å²) in [5.41, 5.74) is 1.35.